The van der Waals surface area contributed by atoms with E-state index in [2.05, 4.69) is 4.98 Å². The van der Waals surface area contributed by atoms with Gasteiger partial charge in [0.1, 0.15) is 10.7 Å². The van der Waals surface area contributed by atoms with Crippen LogP contribution in [0.3, 0.4) is 0 Å². The van der Waals surface area contributed by atoms with Gasteiger partial charge in [0, 0.05) is 24.5 Å². The van der Waals surface area contributed by atoms with E-state index in [9.17, 15) is 4.79 Å². The van der Waals surface area contributed by atoms with Gasteiger partial charge in [-0.05, 0) is 29.8 Å². The zero-order chi connectivity index (χ0) is 20.3. The molecule has 0 saturated heterocycles. The summed E-state index contributed by atoms with van der Waals surface area (Å²) in [4.78, 5) is 18.8. The molecule has 8 heteroatoms. The van der Waals surface area contributed by atoms with Gasteiger partial charge in [0.15, 0.2) is 11.5 Å². The summed E-state index contributed by atoms with van der Waals surface area (Å²) in [6.07, 6.45) is 0. The largest absolute Gasteiger partial charge is 0.493 e. The first-order valence-corrected chi connectivity index (χ1v) is 9.94. The van der Waals surface area contributed by atoms with Gasteiger partial charge in [-0.25, -0.2) is 4.98 Å². The number of amides is 1. The topological polar surface area (TPSA) is 51.7 Å². The molecule has 0 bridgehead atoms. The second-order valence-corrected chi connectivity index (χ2v) is 7.63. The SMILES string of the molecule is COc1ccc(-c2nc(C(=O)N(C)Cc3cccc(Cl)c3Cl)cs2)cc1OC. The number of aromatic nitrogens is 1. The van der Waals surface area contributed by atoms with E-state index < -0.39 is 0 Å². The fraction of sp³-hybridized carbons (Fsp3) is 0.200. The number of nitrogens with zero attached hydrogens (tertiary/aromatic N) is 2. The van der Waals surface area contributed by atoms with Gasteiger partial charge in [-0.3, -0.25) is 4.79 Å². The maximum absolute atomic E-state index is 12.8. The van der Waals surface area contributed by atoms with Crippen molar-refractivity contribution < 1.29 is 14.3 Å². The first-order valence-electron chi connectivity index (χ1n) is 8.31. The van der Waals surface area contributed by atoms with Crippen molar-refractivity contribution >= 4 is 40.4 Å². The molecule has 1 heterocycles. The monoisotopic (exact) mass is 436 g/mol. The number of carbonyl (C=O) groups excluding carboxylic acids is 1. The van der Waals surface area contributed by atoms with E-state index in [0.717, 1.165) is 16.1 Å². The lowest BCUT2D eigenvalue weighted by atomic mass is 10.2. The standard InChI is InChI=1S/C20H18Cl2N2O3S/c1-24(10-13-5-4-6-14(21)18(13)22)20(25)15-11-28-19(23-15)12-7-8-16(26-2)17(9-12)27-3/h4-9,11H,10H2,1-3H3. The minimum absolute atomic E-state index is 0.195. The lowest BCUT2D eigenvalue weighted by Gasteiger charge is -2.17. The fourth-order valence-electron chi connectivity index (χ4n) is 2.67. The van der Waals surface area contributed by atoms with Gasteiger partial charge in [0.2, 0.25) is 0 Å². The van der Waals surface area contributed by atoms with E-state index in [0.29, 0.717) is 33.8 Å². The molecular formula is C20H18Cl2N2O3S. The number of ether oxygens (including phenoxy) is 2. The Morgan fingerprint density at radius 1 is 1.14 bits per heavy atom. The summed E-state index contributed by atoms with van der Waals surface area (Å²) in [6, 6.07) is 10.9. The molecule has 2 aromatic carbocycles. The van der Waals surface area contributed by atoms with Crippen molar-refractivity contribution in [3.8, 4) is 22.1 Å². The molecule has 0 aliphatic carbocycles. The van der Waals surface area contributed by atoms with Gasteiger partial charge < -0.3 is 14.4 Å². The lowest BCUT2D eigenvalue weighted by molar-refractivity contribution is 0.0780. The molecule has 0 fully saturated rings. The van der Waals surface area contributed by atoms with Crippen LogP contribution in [0.15, 0.2) is 41.8 Å². The van der Waals surface area contributed by atoms with Crippen molar-refractivity contribution in [2.45, 2.75) is 6.54 Å². The normalized spacial score (nSPS) is 10.6. The molecule has 0 spiro atoms. The molecule has 0 aliphatic rings. The van der Waals surface area contributed by atoms with Crippen molar-refractivity contribution in [2.24, 2.45) is 0 Å². The first-order chi connectivity index (χ1) is 13.4. The molecule has 3 rings (SSSR count). The second-order valence-electron chi connectivity index (χ2n) is 5.98. The molecule has 1 aromatic heterocycles. The third kappa shape index (κ3) is 4.24. The molecule has 0 saturated carbocycles. The van der Waals surface area contributed by atoms with E-state index in [4.69, 9.17) is 32.7 Å². The van der Waals surface area contributed by atoms with Crippen LogP contribution in [0.25, 0.3) is 10.6 Å². The van der Waals surface area contributed by atoms with Gasteiger partial charge in [-0.2, -0.15) is 0 Å². The zero-order valence-corrected chi connectivity index (χ0v) is 17.9. The maximum Gasteiger partial charge on any atom is 0.273 e. The highest BCUT2D eigenvalue weighted by Gasteiger charge is 2.18. The molecule has 5 nitrogen and oxygen atoms in total. The van der Waals surface area contributed by atoms with Crippen LogP contribution in [0.4, 0.5) is 0 Å². The Kier molecular flexibility index (Phi) is 6.44. The van der Waals surface area contributed by atoms with E-state index >= 15 is 0 Å². The number of hydrogen-bond donors (Lipinski definition) is 0. The third-order valence-electron chi connectivity index (χ3n) is 4.14. The maximum atomic E-state index is 12.8. The third-order valence-corrected chi connectivity index (χ3v) is 5.89. The van der Waals surface area contributed by atoms with Crippen LogP contribution in [0.5, 0.6) is 11.5 Å². The summed E-state index contributed by atoms with van der Waals surface area (Å²) in [6.45, 7) is 0.335. The molecule has 28 heavy (non-hydrogen) atoms. The van der Waals surface area contributed by atoms with Crippen LogP contribution in [0.2, 0.25) is 10.0 Å². The predicted octanol–water partition coefficient (Wildman–Crippen LogP) is 5.41. The number of thiazole rings is 1. The minimum Gasteiger partial charge on any atom is -0.493 e. The summed E-state index contributed by atoms with van der Waals surface area (Å²) in [7, 11) is 4.86. The van der Waals surface area contributed by atoms with Crippen LogP contribution < -0.4 is 9.47 Å². The Morgan fingerprint density at radius 2 is 1.89 bits per heavy atom. The number of halogens is 2. The smallest absolute Gasteiger partial charge is 0.273 e. The summed E-state index contributed by atoms with van der Waals surface area (Å²) < 4.78 is 10.6. The van der Waals surface area contributed by atoms with Crippen molar-refractivity contribution in [1.29, 1.82) is 0 Å². The number of hydrogen-bond acceptors (Lipinski definition) is 5. The van der Waals surface area contributed by atoms with E-state index in [1.54, 1.807) is 43.7 Å². The zero-order valence-electron chi connectivity index (χ0n) is 15.5. The Morgan fingerprint density at radius 3 is 2.61 bits per heavy atom. The van der Waals surface area contributed by atoms with Gasteiger partial charge in [-0.1, -0.05) is 35.3 Å². The summed E-state index contributed by atoms with van der Waals surface area (Å²) in [5.74, 6) is 1.05. The highest BCUT2D eigenvalue weighted by atomic mass is 35.5. The number of rotatable bonds is 6. The number of carbonyl (C=O) groups is 1. The summed E-state index contributed by atoms with van der Waals surface area (Å²) in [5, 5.41) is 3.38. The number of methoxy groups -OCH3 is 2. The van der Waals surface area contributed by atoms with Gasteiger partial charge in [-0.15, -0.1) is 11.3 Å². The van der Waals surface area contributed by atoms with Crippen LogP contribution in [-0.2, 0) is 6.54 Å². The average molecular weight is 437 g/mol. The van der Waals surface area contributed by atoms with E-state index in [1.165, 1.54) is 11.3 Å². The summed E-state index contributed by atoms with van der Waals surface area (Å²) >= 11 is 13.7. The molecule has 3 aromatic rings. The lowest BCUT2D eigenvalue weighted by Crippen LogP contribution is -2.26. The Hall–Kier alpha value is -2.28. The Balaban J connectivity index is 1.79. The van der Waals surface area contributed by atoms with Crippen LogP contribution >= 0.6 is 34.5 Å². The molecule has 146 valence electrons. The predicted molar refractivity (Wildman–Crippen MR) is 113 cm³/mol. The quantitative estimate of drug-likeness (QED) is 0.518. The number of benzene rings is 2. The van der Waals surface area contributed by atoms with Gasteiger partial charge in [0.05, 0.1) is 24.3 Å². The Bertz CT molecular complexity index is 1010. The van der Waals surface area contributed by atoms with E-state index in [1.807, 2.05) is 24.3 Å². The van der Waals surface area contributed by atoms with Crippen molar-refractivity contribution in [2.75, 3.05) is 21.3 Å². The highest BCUT2D eigenvalue weighted by Crippen LogP contribution is 2.34. The van der Waals surface area contributed by atoms with Crippen molar-refractivity contribution in [1.82, 2.24) is 9.88 Å². The fourth-order valence-corrected chi connectivity index (χ4v) is 3.84. The van der Waals surface area contributed by atoms with Gasteiger partial charge >= 0.3 is 0 Å². The van der Waals surface area contributed by atoms with E-state index in [-0.39, 0.29) is 5.91 Å². The van der Waals surface area contributed by atoms with Crippen LogP contribution in [0.1, 0.15) is 16.1 Å². The minimum atomic E-state index is -0.195. The molecule has 1 amide bonds. The van der Waals surface area contributed by atoms with Gasteiger partial charge in [0.25, 0.3) is 5.91 Å². The van der Waals surface area contributed by atoms with Crippen molar-refractivity contribution in [3.05, 3.63) is 63.1 Å². The molecule has 0 N–H and O–H groups in total. The average Bonchev–Trinajstić information content (AvgIpc) is 3.20. The molecular weight excluding hydrogens is 419 g/mol. The molecule has 0 aliphatic heterocycles. The summed E-state index contributed by atoms with van der Waals surface area (Å²) in [5.41, 5.74) is 2.00. The van der Waals surface area contributed by atoms with Crippen LogP contribution in [0, 0.1) is 0 Å². The molecule has 0 atom stereocenters. The first kappa shape index (κ1) is 20.5. The Labute approximate surface area is 177 Å². The molecule has 0 radical (unpaired) electrons. The van der Waals surface area contributed by atoms with Crippen LogP contribution in [-0.4, -0.2) is 37.1 Å². The second kappa shape index (κ2) is 8.82. The highest BCUT2D eigenvalue weighted by molar-refractivity contribution is 7.13. The molecule has 0 unspecified atom stereocenters. The van der Waals surface area contributed by atoms with Crippen molar-refractivity contribution in [3.63, 3.8) is 0 Å².